The number of aryl methyl sites for hydroxylation is 1. The van der Waals surface area contributed by atoms with Crippen LogP contribution in [0.25, 0.3) is 0 Å². The lowest BCUT2D eigenvalue weighted by molar-refractivity contribution is -0.124. The summed E-state index contributed by atoms with van der Waals surface area (Å²) < 4.78 is 4.83. The molecule has 0 atom stereocenters. The van der Waals surface area contributed by atoms with Gasteiger partial charge in [-0.1, -0.05) is 19.4 Å². The van der Waals surface area contributed by atoms with Crippen LogP contribution in [0.4, 0.5) is 0 Å². The fraction of sp³-hybridized carbons (Fsp3) is 0.429. The Balaban J connectivity index is 2.45. The average molecular weight is 265 g/mol. The van der Waals surface area contributed by atoms with E-state index in [1.807, 2.05) is 6.92 Å². The van der Waals surface area contributed by atoms with Crippen LogP contribution in [0, 0.1) is 6.92 Å². The molecule has 2 N–H and O–H groups in total. The van der Waals surface area contributed by atoms with Crippen LogP contribution in [0.1, 0.15) is 35.7 Å². The van der Waals surface area contributed by atoms with E-state index < -0.39 is 5.97 Å². The van der Waals surface area contributed by atoms with E-state index in [1.165, 1.54) is 12.1 Å². The zero-order valence-electron chi connectivity index (χ0n) is 11.2. The van der Waals surface area contributed by atoms with Gasteiger partial charge in [0, 0.05) is 6.54 Å². The van der Waals surface area contributed by atoms with Crippen molar-refractivity contribution in [3.05, 3.63) is 29.3 Å². The molecule has 0 saturated carbocycles. The molecule has 0 aliphatic rings. The number of esters is 1. The zero-order valence-corrected chi connectivity index (χ0v) is 11.2. The molecule has 104 valence electrons. The first-order chi connectivity index (χ1) is 9.04. The maximum Gasteiger partial charge on any atom is 0.342 e. The van der Waals surface area contributed by atoms with E-state index in [4.69, 9.17) is 4.74 Å². The second-order valence-corrected chi connectivity index (χ2v) is 4.30. The molecule has 0 aliphatic heterocycles. The van der Waals surface area contributed by atoms with Gasteiger partial charge in [-0.25, -0.2) is 4.79 Å². The minimum Gasteiger partial charge on any atom is -0.507 e. The number of carbonyl (C=O) groups is 2. The molecule has 0 unspecified atom stereocenters. The molecule has 19 heavy (non-hydrogen) atoms. The molecule has 1 amide bonds. The summed E-state index contributed by atoms with van der Waals surface area (Å²) in [5.41, 5.74) is 0.901. The molecule has 5 nitrogen and oxygen atoms in total. The van der Waals surface area contributed by atoms with Crippen LogP contribution in [0.5, 0.6) is 5.75 Å². The van der Waals surface area contributed by atoms with Crippen molar-refractivity contribution in [2.24, 2.45) is 0 Å². The molecule has 0 fully saturated rings. The molecule has 1 rings (SSSR count). The predicted octanol–water partition coefficient (Wildman–Crippen LogP) is 1.77. The lowest BCUT2D eigenvalue weighted by Gasteiger charge is -2.07. The largest absolute Gasteiger partial charge is 0.507 e. The Morgan fingerprint density at radius 3 is 2.74 bits per heavy atom. The fourth-order valence-corrected chi connectivity index (χ4v) is 1.48. The molecule has 1 aromatic carbocycles. The zero-order chi connectivity index (χ0) is 14.3. The van der Waals surface area contributed by atoms with Gasteiger partial charge in [-0.15, -0.1) is 0 Å². The van der Waals surface area contributed by atoms with Crippen LogP contribution < -0.4 is 5.32 Å². The number of carbonyl (C=O) groups excluding carboxylic acids is 2. The highest BCUT2D eigenvalue weighted by molar-refractivity contribution is 5.93. The number of aromatic hydroxyl groups is 1. The van der Waals surface area contributed by atoms with Gasteiger partial charge in [0.25, 0.3) is 5.91 Å². The first-order valence-corrected chi connectivity index (χ1v) is 6.28. The van der Waals surface area contributed by atoms with Crippen molar-refractivity contribution in [2.45, 2.75) is 26.7 Å². The number of hydrogen-bond donors (Lipinski definition) is 2. The number of ether oxygens (including phenoxy) is 1. The summed E-state index contributed by atoms with van der Waals surface area (Å²) in [6.45, 7) is 4.06. The lowest BCUT2D eigenvalue weighted by Crippen LogP contribution is -2.29. The molecule has 5 heteroatoms. The van der Waals surface area contributed by atoms with E-state index >= 15 is 0 Å². The van der Waals surface area contributed by atoms with Crippen molar-refractivity contribution in [1.82, 2.24) is 5.32 Å². The number of rotatable bonds is 6. The number of phenols is 1. The standard InChI is InChI=1S/C14H19NO4/c1-3-4-7-15-13(17)9-19-14(18)11-6-5-10(2)8-12(11)16/h5-6,8,16H,3-4,7,9H2,1-2H3,(H,15,17). The summed E-state index contributed by atoms with van der Waals surface area (Å²) in [4.78, 5) is 23.0. The van der Waals surface area contributed by atoms with Crippen LogP contribution in [-0.2, 0) is 9.53 Å². The molecule has 1 aromatic rings. The van der Waals surface area contributed by atoms with E-state index in [-0.39, 0.29) is 23.8 Å². The molecular formula is C14H19NO4. The molecular weight excluding hydrogens is 246 g/mol. The van der Waals surface area contributed by atoms with Gasteiger partial charge in [0.2, 0.25) is 0 Å². The minimum atomic E-state index is -0.705. The van der Waals surface area contributed by atoms with Crippen molar-refractivity contribution in [1.29, 1.82) is 0 Å². The quantitative estimate of drug-likeness (QED) is 0.607. The number of nitrogens with one attached hydrogen (secondary N) is 1. The molecule has 0 bridgehead atoms. The Hall–Kier alpha value is -2.04. The molecule has 0 spiro atoms. The number of unbranched alkanes of at least 4 members (excludes halogenated alkanes) is 1. The van der Waals surface area contributed by atoms with Gasteiger partial charge in [0.15, 0.2) is 6.61 Å². The highest BCUT2D eigenvalue weighted by Gasteiger charge is 2.14. The minimum absolute atomic E-state index is 0.0620. The molecule has 0 radical (unpaired) electrons. The number of benzene rings is 1. The maximum absolute atomic E-state index is 11.6. The molecule has 0 saturated heterocycles. The highest BCUT2D eigenvalue weighted by Crippen LogP contribution is 2.19. The summed E-state index contributed by atoms with van der Waals surface area (Å²) in [6.07, 6.45) is 1.87. The number of phenolic OH excluding ortho intramolecular Hbond substituents is 1. The molecule has 0 aliphatic carbocycles. The van der Waals surface area contributed by atoms with Gasteiger partial charge >= 0.3 is 5.97 Å². The van der Waals surface area contributed by atoms with E-state index in [0.29, 0.717) is 6.54 Å². The van der Waals surface area contributed by atoms with Gasteiger partial charge < -0.3 is 15.2 Å². The second-order valence-electron chi connectivity index (χ2n) is 4.30. The van der Waals surface area contributed by atoms with Gasteiger partial charge in [-0.3, -0.25) is 4.79 Å². The predicted molar refractivity (Wildman–Crippen MR) is 71.0 cm³/mol. The second kappa shape index (κ2) is 7.41. The number of amides is 1. The maximum atomic E-state index is 11.6. The van der Waals surface area contributed by atoms with Crippen molar-refractivity contribution in [3.8, 4) is 5.75 Å². The Morgan fingerprint density at radius 2 is 2.11 bits per heavy atom. The Kier molecular flexibility index (Phi) is 5.85. The highest BCUT2D eigenvalue weighted by atomic mass is 16.5. The van der Waals surface area contributed by atoms with Gasteiger partial charge in [0.05, 0.1) is 0 Å². The van der Waals surface area contributed by atoms with Crippen LogP contribution in [0.15, 0.2) is 18.2 Å². The third kappa shape index (κ3) is 4.99. The van der Waals surface area contributed by atoms with Crippen molar-refractivity contribution in [3.63, 3.8) is 0 Å². The summed E-state index contributed by atoms with van der Waals surface area (Å²) in [5.74, 6) is -1.19. The third-order valence-electron chi connectivity index (χ3n) is 2.56. The topological polar surface area (TPSA) is 75.6 Å². The van der Waals surface area contributed by atoms with E-state index in [1.54, 1.807) is 13.0 Å². The molecule has 0 heterocycles. The van der Waals surface area contributed by atoms with Crippen LogP contribution >= 0.6 is 0 Å². The SMILES string of the molecule is CCCCNC(=O)COC(=O)c1ccc(C)cc1O. The Bertz CT molecular complexity index is 457. The summed E-state index contributed by atoms with van der Waals surface area (Å²) in [5, 5.41) is 12.2. The number of hydrogen-bond acceptors (Lipinski definition) is 4. The Labute approximate surface area is 112 Å². The Morgan fingerprint density at radius 1 is 1.37 bits per heavy atom. The van der Waals surface area contributed by atoms with Crippen molar-refractivity contribution in [2.75, 3.05) is 13.2 Å². The summed E-state index contributed by atoms with van der Waals surface area (Å²) in [7, 11) is 0. The smallest absolute Gasteiger partial charge is 0.342 e. The van der Waals surface area contributed by atoms with Crippen LogP contribution in [0.2, 0.25) is 0 Å². The van der Waals surface area contributed by atoms with Crippen LogP contribution in [0.3, 0.4) is 0 Å². The third-order valence-corrected chi connectivity index (χ3v) is 2.56. The lowest BCUT2D eigenvalue weighted by atomic mass is 10.1. The summed E-state index contributed by atoms with van der Waals surface area (Å²) in [6, 6.07) is 4.64. The normalized spacial score (nSPS) is 10.0. The van der Waals surface area contributed by atoms with Gasteiger partial charge in [-0.05, 0) is 31.0 Å². The summed E-state index contributed by atoms with van der Waals surface area (Å²) >= 11 is 0. The van der Waals surface area contributed by atoms with Gasteiger partial charge in [0.1, 0.15) is 11.3 Å². The van der Waals surface area contributed by atoms with E-state index in [0.717, 1.165) is 18.4 Å². The first kappa shape index (κ1) is 15.0. The molecule has 0 aromatic heterocycles. The fourth-order valence-electron chi connectivity index (χ4n) is 1.48. The van der Waals surface area contributed by atoms with Crippen LogP contribution in [-0.4, -0.2) is 30.1 Å². The monoisotopic (exact) mass is 265 g/mol. The van der Waals surface area contributed by atoms with Crippen molar-refractivity contribution < 1.29 is 19.4 Å². The first-order valence-electron chi connectivity index (χ1n) is 6.28. The van der Waals surface area contributed by atoms with Crippen molar-refractivity contribution >= 4 is 11.9 Å². The van der Waals surface area contributed by atoms with E-state index in [2.05, 4.69) is 5.32 Å². The van der Waals surface area contributed by atoms with Gasteiger partial charge in [-0.2, -0.15) is 0 Å². The average Bonchev–Trinajstić information content (AvgIpc) is 2.36. The van der Waals surface area contributed by atoms with E-state index in [9.17, 15) is 14.7 Å².